The Kier molecular flexibility index (Phi) is 4.90. The topological polar surface area (TPSA) is 80.9 Å². The lowest BCUT2D eigenvalue weighted by Crippen LogP contribution is -2.39. The van der Waals surface area contributed by atoms with Crippen molar-refractivity contribution in [1.82, 2.24) is 4.57 Å². The first-order valence-electron chi connectivity index (χ1n) is 8.95. The number of methoxy groups -OCH3 is 1. The van der Waals surface area contributed by atoms with Crippen LogP contribution in [0.4, 0.5) is 0 Å². The summed E-state index contributed by atoms with van der Waals surface area (Å²) >= 11 is 1.22. The Balaban J connectivity index is 2.00. The second kappa shape index (κ2) is 7.52. The molecular weight excluding hydrogens is 388 g/mol. The molecule has 29 heavy (non-hydrogen) atoms. The smallest absolute Gasteiger partial charge is 0.338 e. The maximum absolute atomic E-state index is 13.3. The second-order valence-corrected chi connectivity index (χ2v) is 7.55. The number of aromatic hydroxyl groups is 1. The maximum Gasteiger partial charge on any atom is 0.338 e. The zero-order chi connectivity index (χ0) is 20.5. The van der Waals surface area contributed by atoms with E-state index in [1.807, 2.05) is 30.3 Å². The van der Waals surface area contributed by atoms with Crippen LogP contribution in [0.25, 0.3) is 6.08 Å². The Hall–Kier alpha value is -3.45. The van der Waals surface area contributed by atoms with Crippen molar-refractivity contribution in [3.05, 3.63) is 96.7 Å². The number of phenolic OH excluding ortho intramolecular Hbond substituents is 1. The van der Waals surface area contributed by atoms with Crippen molar-refractivity contribution in [3.8, 4) is 5.75 Å². The maximum atomic E-state index is 13.3. The van der Waals surface area contributed by atoms with E-state index in [-0.39, 0.29) is 11.3 Å². The molecule has 0 saturated carbocycles. The molecule has 3 aromatic rings. The first-order valence-corrected chi connectivity index (χ1v) is 9.76. The van der Waals surface area contributed by atoms with Crippen LogP contribution in [-0.4, -0.2) is 22.8 Å². The molecule has 1 unspecified atom stereocenters. The summed E-state index contributed by atoms with van der Waals surface area (Å²) in [7, 11) is 1.31. The van der Waals surface area contributed by atoms with Crippen molar-refractivity contribution in [3.63, 3.8) is 0 Å². The summed E-state index contributed by atoms with van der Waals surface area (Å²) in [5.41, 5.74) is 1.90. The lowest BCUT2D eigenvalue weighted by atomic mass is 9.96. The minimum absolute atomic E-state index is 0.0874. The minimum atomic E-state index is -0.633. The summed E-state index contributed by atoms with van der Waals surface area (Å²) in [5, 5.41) is 10.1. The second-order valence-electron chi connectivity index (χ2n) is 6.54. The number of benzene rings is 2. The minimum Gasteiger partial charge on any atom is -0.507 e. The molecule has 0 bridgehead atoms. The van der Waals surface area contributed by atoms with E-state index < -0.39 is 12.0 Å². The molecule has 1 aliphatic rings. The highest BCUT2D eigenvalue weighted by molar-refractivity contribution is 7.07. The van der Waals surface area contributed by atoms with Crippen LogP contribution in [0.1, 0.15) is 24.1 Å². The molecule has 1 N–H and O–H groups in total. The lowest BCUT2D eigenvalue weighted by molar-refractivity contribution is -0.136. The Morgan fingerprint density at radius 3 is 2.55 bits per heavy atom. The summed E-state index contributed by atoms with van der Waals surface area (Å²) < 4.78 is 6.92. The number of thiazole rings is 1. The van der Waals surface area contributed by atoms with E-state index in [1.165, 1.54) is 23.0 Å². The molecule has 0 radical (unpaired) electrons. The number of rotatable bonds is 3. The highest BCUT2D eigenvalue weighted by Crippen LogP contribution is 2.30. The number of nitrogens with zero attached hydrogens (tertiary/aromatic N) is 2. The van der Waals surface area contributed by atoms with Crippen LogP contribution < -0.4 is 14.9 Å². The van der Waals surface area contributed by atoms with E-state index in [1.54, 1.807) is 37.3 Å². The van der Waals surface area contributed by atoms with Gasteiger partial charge in [-0.05, 0) is 24.6 Å². The largest absolute Gasteiger partial charge is 0.507 e. The van der Waals surface area contributed by atoms with Gasteiger partial charge in [-0.1, -0.05) is 59.9 Å². The van der Waals surface area contributed by atoms with Crippen LogP contribution in [-0.2, 0) is 9.53 Å². The van der Waals surface area contributed by atoms with Gasteiger partial charge in [-0.2, -0.15) is 0 Å². The number of carbonyl (C=O) groups is 1. The summed E-state index contributed by atoms with van der Waals surface area (Å²) in [6.07, 6.45) is 1.64. The third kappa shape index (κ3) is 3.30. The van der Waals surface area contributed by atoms with Gasteiger partial charge in [-0.15, -0.1) is 0 Å². The summed E-state index contributed by atoms with van der Waals surface area (Å²) in [6.45, 7) is 1.74. The van der Waals surface area contributed by atoms with Gasteiger partial charge in [0, 0.05) is 5.56 Å². The molecule has 0 amide bonds. The normalized spacial score (nSPS) is 16.3. The lowest BCUT2D eigenvalue weighted by Gasteiger charge is -2.24. The number of hydrogen-bond acceptors (Lipinski definition) is 6. The molecule has 0 aliphatic carbocycles. The van der Waals surface area contributed by atoms with E-state index in [9.17, 15) is 14.7 Å². The summed E-state index contributed by atoms with van der Waals surface area (Å²) in [5.74, 6) is -0.431. The van der Waals surface area contributed by atoms with Crippen molar-refractivity contribution in [1.29, 1.82) is 0 Å². The molecule has 1 aromatic heterocycles. The average molecular weight is 406 g/mol. The number of ether oxygens (including phenoxy) is 1. The SMILES string of the molecule is COC(=O)C1=C(C)N=c2s/c(=C/c3ccccc3O)c(=O)n2C1c1ccccc1. The summed E-state index contributed by atoms with van der Waals surface area (Å²) in [6, 6.07) is 15.5. The first-order chi connectivity index (χ1) is 14.0. The number of hydrogen-bond donors (Lipinski definition) is 1. The Morgan fingerprint density at radius 2 is 1.86 bits per heavy atom. The molecule has 2 aromatic carbocycles. The van der Waals surface area contributed by atoms with Crippen molar-refractivity contribution in [2.45, 2.75) is 13.0 Å². The highest BCUT2D eigenvalue weighted by atomic mass is 32.1. The third-order valence-corrected chi connectivity index (χ3v) is 5.75. The predicted octanol–water partition coefficient (Wildman–Crippen LogP) is 2.11. The molecule has 0 fully saturated rings. The van der Waals surface area contributed by atoms with Gasteiger partial charge in [0.05, 0.1) is 29.0 Å². The molecule has 146 valence electrons. The van der Waals surface area contributed by atoms with Crippen molar-refractivity contribution >= 4 is 23.4 Å². The fourth-order valence-electron chi connectivity index (χ4n) is 3.39. The Morgan fingerprint density at radius 1 is 1.17 bits per heavy atom. The Labute approximate surface area is 170 Å². The Bertz CT molecular complexity index is 1300. The van der Waals surface area contributed by atoms with Gasteiger partial charge in [0.15, 0.2) is 4.80 Å². The molecule has 6 nitrogen and oxygen atoms in total. The van der Waals surface area contributed by atoms with Gasteiger partial charge in [-0.25, -0.2) is 9.79 Å². The van der Waals surface area contributed by atoms with Gasteiger partial charge >= 0.3 is 5.97 Å². The fraction of sp³-hybridized carbons (Fsp3) is 0.136. The van der Waals surface area contributed by atoms with Gasteiger partial charge in [0.25, 0.3) is 5.56 Å². The number of para-hydroxylation sites is 1. The zero-order valence-corrected chi connectivity index (χ0v) is 16.6. The molecule has 0 saturated heterocycles. The van der Waals surface area contributed by atoms with Gasteiger partial charge in [0.2, 0.25) is 0 Å². The number of allylic oxidation sites excluding steroid dienone is 1. The van der Waals surface area contributed by atoms with Crippen LogP contribution in [0.15, 0.2) is 75.7 Å². The first kappa shape index (κ1) is 18.9. The van der Waals surface area contributed by atoms with Gasteiger partial charge in [-0.3, -0.25) is 9.36 Å². The standard InChI is InChI=1S/C22H18N2O4S/c1-13-18(21(27)28-2)19(14-8-4-3-5-9-14)24-20(26)17(29-22(24)23-13)12-15-10-6-7-11-16(15)25/h3-12,19,25H,1-2H3/b17-12+. The summed E-state index contributed by atoms with van der Waals surface area (Å²) in [4.78, 5) is 30.8. The molecule has 1 aliphatic heterocycles. The van der Waals surface area contributed by atoms with Crippen molar-refractivity contribution in [2.75, 3.05) is 7.11 Å². The van der Waals surface area contributed by atoms with Crippen molar-refractivity contribution in [2.24, 2.45) is 4.99 Å². The number of esters is 1. The molecule has 7 heteroatoms. The monoisotopic (exact) mass is 406 g/mol. The number of aromatic nitrogens is 1. The van der Waals surface area contributed by atoms with E-state index in [0.29, 0.717) is 26.2 Å². The van der Waals surface area contributed by atoms with E-state index in [0.717, 1.165) is 5.56 Å². The van der Waals surface area contributed by atoms with Gasteiger partial charge < -0.3 is 9.84 Å². The number of phenols is 1. The predicted molar refractivity (Wildman–Crippen MR) is 110 cm³/mol. The number of fused-ring (bicyclic) bond motifs is 1. The molecule has 2 heterocycles. The molecular formula is C22H18N2O4S. The van der Waals surface area contributed by atoms with Gasteiger partial charge in [0.1, 0.15) is 5.75 Å². The van der Waals surface area contributed by atoms with Crippen LogP contribution >= 0.6 is 11.3 Å². The van der Waals surface area contributed by atoms with Crippen molar-refractivity contribution < 1.29 is 14.6 Å². The van der Waals surface area contributed by atoms with Crippen LogP contribution in [0.5, 0.6) is 5.75 Å². The van der Waals surface area contributed by atoms with E-state index in [2.05, 4.69) is 4.99 Å². The fourth-order valence-corrected chi connectivity index (χ4v) is 4.43. The molecule has 1 atom stereocenters. The third-order valence-electron chi connectivity index (χ3n) is 4.77. The quantitative estimate of drug-likeness (QED) is 0.676. The highest BCUT2D eigenvalue weighted by Gasteiger charge is 2.32. The van der Waals surface area contributed by atoms with Crippen LogP contribution in [0.3, 0.4) is 0 Å². The number of carbonyl (C=O) groups excluding carboxylic acids is 1. The van der Waals surface area contributed by atoms with Crippen LogP contribution in [0.2, 0.25) is 0 Å². The average Bonchev–Trinajstić information content (AvgIpc) is 3.03. The van der Waals surface area contributed by atoms with Crippen LogP contribution in [0, 0.1) is 0 Å². The van der Waals surface area contributed by atoms with E-state index in [4.69, 9.17) is 4.74 Å². The molecule has 0 spiro atoms. The molecule has 4 rings (SSSR count). The zero-order valence-electron chi connectivity index (χ0n) is 15.8. The van der Waals surface area contributed by atoms with E-state index >= 15 is 0 Å².